The second-order valence-corrected chi connectivity index (χ2v) is 5.07. The average molecular weight is 269 g/mol. The summed E-state index contributed by atoms with van der Waals surface area (Å²) in [4.78, 5) is 2.48. The number of halogens is 1. The lowest BCUT2D eigenvalue weighted by molar-refractivity contribution is 0.317. The fraction of sp³-hybridized carbons (Fsp3) is 0.500. The van der Waals surface area contributed by atoms with Gasteiger partial charge in [-0.05, 0) is 37.1 Å². The van der Waals surface area contributed by atoms with E-state index < -0.39 is 0 Å². The minimum absolute atomic E-state index is 0.701. The van der Waals surface area contributed by atoms with Crippen LogP contribution >= 0.6 is 15.9 Å². The highest BCUT2D eigenvalue weighted by Crippen LogP contribution is 2.22. The van der Waals surface area contributed by atoms with E-state index in [0.717, 1.165) is 19.6 Å². The van der Waals surface area contributed by atoms with Gasteiger partial charge in [0.1, 0.15) is 0 Å². The summed E-state index contributed by atoms with van der Waals surface area (Å²) in [5.41, 5.74) is 7.05. The van der Waals surface area contributed by atoms with Gasteiger partial charge in [0.25, 0.3) is 0 Å². The van der Waals surface area contributed by atoms with Crippen LogP contribution in [0.4, 0.5) is 0 Å². The molecule has 0 amide bonds. The first kappa shape index (κ1) is 11.1. The zero-order valence-electron chi connectivity index (χ0n) is 8.82. The Labute approximate surface area is 99.6 Å². The maximum Gasteiger partial charge on any atom is 0.0245 e. The van der Waals surface area contributed by atoms with Crippen LogP contribution in [0.25, 0.3) is 0 Å². The summed E-state index contributed by atoms with van der Waals surface area (Å²) in [5.74, 6) is 0.701. The third-order valence-electron chi connectivity index (χ3n) is 3.06. The summed E-state index contributed by atoms with van der Waals surface area (Å²) in [7, 11) is 0. The molecule has 1 heterocycles. The van der Waals surface area contributed by atoms with Gasteiger partial charge in [-0.15, -0.1) is 0 Å². The molecule has 1 saturated heterocycles. The lowest BCUT2D eigenvalue weighted by Gasteiger charge is -2.16. The first-order chi connectivity index (χ1) is 7.29. The van der Waals surface area contributed by atoms with Crippen LogP contribution in [0.2, 0.25) is 0 Å². The van der Waals surface area contributed by atoms with E-state index in [4.69, 9.17) is 5.73 Å². The van der Waals surface area contributed by atoms with Crippen molar-refractivity contribution >= 4 is 15.9 Å². The highest BCUT2D eigenvalue weighted by molar-refractivity contribution is 9.10. The van der Waals surface area contributed by atoms with Crippen molar-refractivity contribution in [1.29, 1.82) is 0 Å². The zero-order valence-corrected chi connectivity index (χ0v) is 10.4. The predicted molar refractivity (Wildman–Crippen MR) is 66.6 cm³/mol. The van der Waals surface area contributed by atoms with Gasteiger partial charge in [0, 0.05) is 17.6 Å². The maximum absolute atomic E-state index is 5.68. The second kappa shape index (κ2) is 5.10. The van der Waals surface area contributed by atoms with Crippen LogP contribution in [-0.4, -0.2) is 24.5 Å². The smallest absolute Gasteiger partial charge is 0.0245 e. The van der Waals surface area contributed by atoms with Crippen LogP contribution in [0.1, 0.15) is 12.0 Å². The normalized spacial score (nSPS) is 22.1. The minimum Gasteiger partial charge on any atom is -0.330 e. The Bertz CT molecular complexity index is 327. The molecular weight excluding hydrogens is 252 g/mol. The van der Waals surface area contributed by atoms with Gasteiger partial charge >= 0.3 is 0 Å². The predicted octanol–water partition coefficient (Wildman–Crippen LogP) is 2.23. The fourth-order valence-electron chi connectivity index (χ4n) is 2.12. The fourth-order valence-corrected chi connectivity index (χ4v) is 2.53. The molecule has 2 rings (SSSR count). The van der Waals surface area contributed by atoms with Crippen molar-refractivity contribution in [3.8, 4) is 0 Å². The monoisotopic (exact) mass is 268 g/mol. The third kappa shape index (κ3) is 2.80. The molecule has 1 aliphatic rings. The summed E-state index contributed by atoms with van der Waals surface area (Å²) >= 11 is 3.58. The molecule has 0 aliphatic carbocycles. The van der Waals surface area contributed by atoms with Gasteiger partial charge in [0.05, 0.1) is 0 Å². The first-order valence-electron chi connectivity index (χ1n) is 5.45. The molecule has 15 heavy (non-hydrogen) atoms. The standard InChI is InChI=1S/C12H17BrN2/c13-12-4-2-1-3-11(12)9-15-6-5-10(7-14)8-15/h1-4,10H,5-9,14H2. The van der Waals surface area contributed by atoms with Gasteiger partial charge in [-0.2, -0.15) is 0 Å². The lowest BCUT2D eigenvalue weighted by Crippen LogP contribution is -2.22. The van der Waals surface area contributed by atoms with Crippen molar-refractivity contribution in [2.24, 2.45) is 11.7 Å². The molecule has 82 valence electrons. The van der Waals surface area contributed by atoms with Crippen molar-refractivity contribution in [1.82, 2.24) is 4.90 Å². The topological polar surface area (TPSA) is 29.3 Å². The molecule has 1 unspecified atom stereocenters. The van der Waals surface area contributed by atoms with E-state index >= 15 is 0 Å². The molecule has 1 atom stereocenters. The van der Waals surface area contributed by atoms with E-state index in [2.05, 4.69) is 45.1 Å². The Morgan fingerprint density at radius 1 is 1.40 bits per heavy atom. The van der Waals surface area contributed by atoms with E-state index in [1.165, 1.54) is 23.0 Å². The quantitative estimate of drug-likeness (QED) is 0.911. The van der Waals surface area contributed by atoms with E-state index in [-0.39, 0.29) is 0 Å². The second-order valence-electron chi connectivity index (χ2n) is 4.22. The number of rotatable bonds is 3. The minimum atomic E-state index is 0.701. The molecule has 1 aromatic carbocycles. The lowest BCUT2D eigenvalue weighted by atomic mass is 10.1. The Kier molecular flexibility index (Phi) is 3.78. The number of hydrogen-bond acceptors (Lipinski definition) is 2. The maximum atomic E-state index is 5.68. The van der Waals surface area contributed by atoms with E-state index in [1.54, 1.807) is 0 Å². The van der Waals surface area contributed by atoms with Crippen molar-refractivity contribution < 1.29 is 0 Å². The Hall–Kier alpha value is -0.380. The van der Waals surface area contributed by atoms with Crippen LogP contribution in [0.3, 0.4) is 0 Å². The average Bonchev–Trinajstić information content (AvgIpc) is 2.69. The first-order valence-corrected chi connectivity index (χ1v) is 6.24. The van der Waals surface area contributed by atoms with Gasteiger partial charge < -0.3 is 5.73 Å². The van der Waals surface area contributed by atoms with Gasteiger partial charge in [-0.3, -0.25) is 4.90 Å². The van der Waals surface area contributed by atoms with E-state index in [9.17, 15) is 0 Å². The third-order valence-corrected chi connectivity index (χ3v) is 3.83. The Morgan fingerprint density at radius 3 is 2.87 bits per heavy atom. The van der Waals surface area contributed by atoms with Crippen molar-refractivity contribution in [2.75, 3.05) is 19.6 Å². The molecule has 0 bridgehead atoms. The molecular formula is C12H17BrN2. The summed E-state index contributed by atoms with van der Waals surface area (Å²) in [6.07, 6.45) is 1.25. The molecule has 0 radical (unpaired) electrons. The summed E-state index contributed by atoms with van der Waals surface area (Å²) in [6, 6.07) is 8.43. The van der Waals surface area contributed by atoms with Crippen molar-refractivity contribution in [3.05, 3.63) is 34.3 Å². The number of likely N-dealkylation sites (tertiary alicyclic amines) is 1. The van der Waals surface area contributed by atoms with E-state index in [0.29, 0.717) is 5.92 Å². The van der Waals surface area contributed by atoms with Crippen molar-refractivity contribution in [3.63, 3.8) is 0 Å². The molecule has 2 nitrogen and oxygen atoms in total. The van der Waals surface area contributed by atoms with Gasteiger partial charge in [0.2, 0.25) is 0 Å². The molecule has 1 aliphatic heterocycles. The molecule has 1 aromatic rings. The summed E-state index contributed by atoms with van der Waals surface area (Å²) in [6.45, 7) is 4.20. The zero-order chi connectivity index (χ0) is 10.7. The Morgan fingerprint density at radius 2 is 2.20 bits per heavy atom. The molecule has 0 aromatic heterocycles. The van der Waals surface area contributed by atoms with Crippen molar-refractivity contribution in [2.45, 2.75) is 13.0 Å². The highest BCUT2D eigenvalue weighted by Gasteiger charge is 2.21. The highest BCUT2D eigenvalue weighted by atomic mass is 79.9. The van der Waals surface area contributed by atoms with Crippen LogP contribution in [0.5, 0.6) is 0 Å². The largest absolute Gasteiger partial charge is 0.330 e. The number of hydrogen-bond donors (Lipinski definition) is 1. The molecule has 1 fully saturated rings. The molecule has 2 N–H and O–H groups in total. The molecule has 3 heteroatoms. The summed E-state index contributed by atoms with van der Waals surface area (Å²) in [5, 5.41) is 0. The van der Waals surface area contributed by atoms with Crippen LogP contribution < -0.4 is 5.73 Å². The number of nitrogens with zero attached hydrogens (tertiary/aromatic N) is 1. The number of benzene rings is 1. The summed E-state index contributed by atoms with van der Waals surface area (Å²) < 4.78 is 1.21. The van der Waals surface area contributed by atoms with Crippen LogP contribution in [-0.2, 0) is 6.54 Å². The van der Waals surface area contributed by atoms with Gasteiger partial charge in [0.15, 0.2) is 0 Å². The Balaban J connectivity index is 1.96. The van der Waals surface area contributed by atoms with Crippen LogP contribution in [0.15, 0.2) is 28.7 Å². The van der Waals surface area contributed by atoms with Gasteiger partial charge in [-0.1, -0.05) is 34.1 Å². The number of nitrogens with two attached hydrogens (primary N) is 1. The van der Waals surface area contributed by atoms with E-state index in [1.807, 2.05) is 0 Å². The molecule has 0 spiro atoms. The van der Waals surface area contributed by atoms with Crippen LogP contribution in [0, 0.1) is 5.92 Å². The molecule has 0 saturated carbocycles. The SMILES string of the molecule is NCC1CCN(Cc2ccccc2Br)C1. The van der Waals surface area contributed by atoms with Gasteiger partial charge in [-0.25, -0.2) is 0 Å².